The average molecular weight is 333 g/mol. The van der Waals surface area contributed by atoms with Crippen LogP contribution in [0.25, 0.3) is 0 Å². The number of aromatic nitrogens is 1. The van der Waals surface area contributed by atoms with E-state index in [0.717, 1.165) is 17.1 Å². The number of rotatable bonds is 4. The monoisotopic (exact) mass is 333 g/mol. The number of hydrogen-bond acceptors (Lipinski definition) is 4. The molecule has 2 aromatic carbocycles. The van der Waals surface area contributed by atoms with Crippen molar-refractivity contribution < 1.29 is 0 Å². The maximum atomic E-state index is 5.26. The van der Waals surface area contributed by atoms with Crippen molar-refractivity contribution in [1.29, 1.82) is 0 Å². The van der Waals surface area contributed by atoms with E-state index < -0.39 is 0 Å². The Morgan fingerprint density at radius 3 is 2.08 bits per heavy atom. The number of benzene rings is 2. The van der Waals surface area contributed by atoms with Crippen molar-refractivity contribution in [3.8, 4) is 0 Å². The molecule has 1 heterocycles. The van der Waals surface area contributed by atoms with Crippen LogP contribution in [0.1, 0.15) is 0 Å². The topological polar surface area (TPSA) is 61.7 Å². The number of pyridine rings is 1. The van der Waals surface area contributed by atoms with E-state index in [9.17, 15) is 0 Å². The molecule has 1 aromatic heterocycles. The van der Waals surface area contributed by atoms with Gasteiger partial charge in [-0.05, 0) is 60.7 Å². The SMILES string of the molecule is S=C(Nc1ccc(N=Nc2ccccc2)cc1)Nc1ccccn1. The molecule has 2 N–H and O–H groups in total. The highest BCUT2D eigenvalue weighted by molar-refractivity contribution is 7.80. The van der Waals surface area contributed by atoms with Gasteiger partial charge in [0.2, 0.25) is 0 Å². The Kier molecular flexibility index (Phi) is 5.21. The number of anilines is 2. The Hall–Kier alpha value is -3.12. The molecule has 24 heavy (non-hydrogen) atoms. The summed E-state index contributed by atoms with van der Waals surface area (Å²) in [5.41, 5.74) is 2.45. The molecule has 0 unspecified atom stereocenters. The third-order valence-corrected chi connectivity index (χ3v) is 3.27. The Morgan fingerprint density at radius 2 is 1.42 bits per heavy atom. The molecule has 0 spiro atoms. The summed E-state index contributed by atoms with van der Waals surface area (Å²) in [6.07, 6.45) is 1.71. The van der Waals surface area contributed by atoms with Gasteiger partial charge in [-0.1, -0.05) is 24.3 Å². The van der Waals surface area contributed by atoms with E-state index in [1.807, 2.05) is 72.8 Å². The lowest BCUT2D eigenvalue weighted by Gasteiger charge is -2.09. The summed E-state index contributed by atoms with van der Waals surface area (Å²) >= 11 is 5.26. The second-order valence-corrected chi connectivity index (χ2v) is 5.28. The fourth-order valence-corrected chi connectivity index (χ4v) is 2.16. The van der Waals surface area contributed by atoms with Gasteiger partial charge >= 0.3 is 0 Å². The summed E-state index contributed by atoms with van der Waals surface area (Å²) < 4.78 is 0. The summed E-state index contributed by atoms with van der Waals surface area (Å²) in [6, 6.07) is 22.7. The molecule has 5 nitrogen and oxygen atoms in total. The highest BCUT2D eigenvalue weighted by Gasteiger charge is 1.99. The fourth-order valence-electron chi connectivity index (χ4n) is 1.94. The Balaban J connectivity index is 1.58. The first-order valence-electron chi connectivity index (χ1n) is 7.35. The maximum absolute atomic E-state index is 5.26. The van der Waals surface area contributed by atoms with Crippen LogP contribution in [-0.4, -0.2) is 10.1 Å². The van der Waals surface area contributed by atoms with Gasteiger partial charge in [-0.2, -0.15) is 10.2 Å². The number of thiocarbonyl (C=S) groups is 1. The van der Waals surface area contributed by atoms with Gasteiger partial charge in [0.15, 0.2) is 5.11 Å². The predicted octanol–water partition coefficient (Wildman–Crippen LogP) is 5.31. The third-order valence-electron chi connectivity index (χ3n) is 3.07. The van der Waals surface area contributed by atoms with E-state index in [0.29, 0.717) is 10.9 Å². The fraction of sp³-hybridized carbons (Fsp3) is 0. The lowest BCUT2D eigenvalue weighted by atomic mass is 10.3. The van der Waals surface area contributed by atoms with Gasteiger partial charge in [-0.25, -0.2) is 4.98 Å². The summed E-state index contributed by atoms with van der Waals surface area (Å²) in [7, 11) is 0. The number of nitrogens with zero attached hydrogens (tertiary/aromatic N) is 3. The first-order chi connectivity index (χ1) is 11.8. The first-order valence-corrected chi connectivity index (χ1v) is 7.76. The molecule has 3 aromatic rings. The smallest absolute Gasteiger partial charge is 0.176 e. The molecule has 0 aliphatic rings. The van der Waals surface area contributed by atoms with Gasteiger partial charge in [-0.15, -0.1) is 0 Å². The zero-order valence-corrected chi connectivity index (χ0v) is 13.6. The van der Waals surface area contributed by atoms with Crippen LogP contribution in [0.15, 0.2) is 89.2 Å². The Bertz CT molecular complexity index is 817. The Labute approximate surface area is 145 Å². The van der Waals surface area contributed by atoms with Gasteiger partial charge in [0, 0.05) is 11.9 Å². The molecule has 0 saturated carbocycles. The molecule has 0 aliphatic heterocycles. The second kappa shape index (κ2) is 7.94. The normalized spacial score (nSPS) is 10.5. The molecule has 0 atom stereocenters. The van der Waals surface area contributed by atoms with Gasteiger partial charge in [0.25, 0.3) is 0 Å². The van der Waals surface area contributed by atoms with Crippen LogP contribution in [0.5, 0.6) is 0 Å². The second-order valence-electron chi connectivity index (χ2n) is 4.88. The molecule has 0 amide bonds. The minimum Gasteiger partial charge on any atom is -0.332 e. The molecule has 0 bridgehead atoms. The number of nitrogens with one attached hydrogen (secondary N) is 2. The molecule has 0 saturated heterocycles. The molecule has 118 valence electrons. The molecular formula is C18H15N5S. The largest absolute Gasteiger partial charge is 0.332 e. The van der Waals surface area contributed by atoms with Crippen molar-refractivity contribution >= 4 is 40.2 Å². The van der Waals surface area contributed by atoms with Crippen molar-refractivity contribution in [2.24, 2.45) is 10.2 Å². The first kappa shape index (κ1) is 15.8. The third kappa shape index (κ3) is 4.69. The zero-order chi connectivity index (χ0) is 16.6. The van der Waals surface area contributed by atoms with Crippen LogP contribution in [0.3, 0.4) is 0 Å². The van der Waals surface area contributed by atoms with E-state index in [1.54, 1.807) is 6.20 Å². The van der Waals surface area contributed by atoms with Gasteiger partial charge in [0.1, 0.15) is 5.82 Å². The quantitative estimate of drug-likeness (QED) is 0.502. The molecule has 3 rings (SSSR count). The maximum Gasteiger partial charge on any atom is 0.176 e. The number of hydrogen-bond donors (Lipinski definition) is 2. The molecule has 0 fully saturated rings. The minimum atomic E-state index is 0.479. The van der Waals surface area contributed by atoms with Gasteiger partial charge in [0.05, 0.1) is 11.4 Å². The van der Waals surface area contributed by atoms with Crippen LogP contribution in [0, 0.1) is 0 Å². The summed E-state index contributed by atoms with van der Waals surface area (Å²) in [5, 5.41) is 15.0. The lowest BCUT2D eigenvalue weighted by Crippen LogP contribution is -2.19. The molecule has 0 aliphatic carbocycles. The Morgan fingerprint density at radius 1 is 0.750 bits per heavy atom. The summed E-state index contributed by atoms with van der Waals surface area (Å²) in [6.45, 7) is 0. The lowest BCUT2D eigenvalue weighted by molar-refractivity contribution is 1.23. The average Bonchev–Trinajstić information content (AvgIpc) is 2.63. The van der Waals surface area contributed by atoms with Crippen LogP contribution in [0.4, 0.5) is 22.9 Å². The molecule has 6 heteroatoms. The van der Waals surface area contributed by atoms with E-state index in [1.165, 1.54) is 0 Å². The van der Waals surface area contributed by atoms with E-state index in [4.69, 9.17) is 12.2 Å². The van der Waals surface area contributed by atoms with Crippen molar-refractivity contribution in [1.82, 2.24) is 4.98 Å². The minimum absolute atomic E-state index is 0.479. The predicted molar refractivity (Wildman–Crippen MR) is 101 cm³/mol. The highest BCUT2D eigenvalue weighted by atomic mass is 32.1. The summed E-state index contributed by atoms with van der Waals surface area (Å²) in [4.78, 5) is 4.16. The van der Waals surface area contributed by atoms with Crippen LogP contribution in [-0.2, 0) is 0 Å². The van der Waals surface area contributed by atoms with Crippen molar-refractivity contribution in [2.45, 2.75) is 0 Å². The van der Waals surface area contributed by atoms with E-state index >= 15 is 0 Å². The van der Waals surface area contributed by atoms with Gasteiger partial charge < -0.3 is 10.6 Å². The van der Waals surface area contributed by atoms with Crippen molar-refractivity contribution in [3.63, 3.8) is 0 Å². The molecule has 0 radical (unpaired) electrons. The van der Waals surface area contributed by atoms with Gasteiger partial charge in [-0.3, -0.25) is 0 Å². The zero-order valence-electron chi connectivity index (χ0n) is 12.8. The van der Waals surface area contributed by atoms with E-state index in [2.05, 4.69) is 25.8 Å². The molecular weight excluding hydrogens is 318 g/mol. The van der Waals surface area contributed by atoms with Crippen molar-refractivity contribution in [3.05, 3.63) is 79.0 Å². The van der Waals surface area contributed by atoms with Crippen LogP contribution < -0.4 is 10.6 Å². The highest BCUT2D eigenvalue weighted by Crippen LogP contribution is 2.20. The van der Waals surface area contributed by atoms with Crippen molar-refractivity contribution in [2.75, 3.05) is 10.6 Å². The van der Waals surface area contributed by atoms with E-state index in [-0.39, 0.29) is 0 Å². The number of azo groups is 1. The summed E-state index contributed by atoms with van der Waals surface area (Å²) in [5.74, 6) is 0.697. The standard InChI is InChI=1S/C18H15N5S/c24-18(21-17-8-4-5-13-19-17)20-14-9-11-16(12-10-14)23-22-15-6-2-1-3-7-15/h1-13H,(H2,19,20,21,24). The van der Waals surface area contributed by atoms with Crippen LogP contribution >= 0.6 is 12.2 Å². The van der Waals surface area contributed by atoms with Crippen LogP contribution in [0.2, 0.25) is 0 Å².